The fraction of sp³-hybridized carbons (Fsp3) is 0.350. The van der Waals surface area contributed by atoms with E-state index in [0.29, 0.717) is 5.92 Å². The van der Waals surface area contributed by atoms with Crippen molar-refractivity contribution in [2.45, 2.75) is 25.3 Å². The summed E-state index contributed by atoms with van der Waals surface area (Å²) in [5.41, 5.74) is 6.66. The van der Waals surface area contributed by atoms with Crippen molar-refractivity contribution in [2.75, 3.05) is 18.5 Å². The highest BCUT2D eigenvalue weighted by atomic mass is 32.1. The zero-order valence-corrected chi connectivity index (χ0v) is 15.7. The highest BCUT2D eigenvalue weighted by molar-refractivity contribution is 7.21. The van der Waals surface area contributed by atoms with Crippen LogP contribution in [0, 0.1) is 5.92 Å². The fourth-order valence-corrected chi connectivity index (χ4v) is 4.57. The Labute approximate surface area is 161 Å². The number of carbonyl (C=O) groups excluding carboxylic acids is 1. The molecule has 0 bridgehead atoms. The SMILES string of the molecule is NC(=O)C[C@@H](Nc1ncnc2sc(-c3ccccc3)cc12)C1CCOCC1. The minimum atomic E-state index is -0.306. The Morgan fingerprint density at radius 3 is 2.78 bits per heavy atom. The van der Waals surface area contributed by atoms with Gasteiger partial charge in [-0.05, 0) is 30.4 Å². The lowest BCUT2D eigenvalue weighted by Crippen LogP contribution is -2.37. The van der Waals surface area contributed by atoms with E-state index in [1.807, 2.05) is 18.2 Å². The van der Waals surface area contributed by atoms with Gasteiger partial charge in [-0.2, -0.15) is 0 Å². The summed E-state index contributed by atoms with van der Waals surface area (Å²) in [6, 6.07) is 12.3. The van der Waals surface area contributed by atoms with Crippen molar-refractivity contribution < 1.29 is 9.53 Å². The van der Waals surface area contributed by atoms with Gasteiger partial charge < -0.3 is 15.8 Å². The average molecular weight is 382 g/mol. The van der Waals surface area contributed by atoms with Crippen molar-refractivity contribution in [1.29, 1.82) is 0 Å². The summed E-state index contributed by atoms with van der Waals surface area (Å²) in [5, 5.41) is 4.46. The first-order valence-electron chi connectivity index (χ1n) is 9.13. The van der Waals surface area contributed by atoms with Crippen LogP contribution in [0.15, 0.2) is 42.7 Å². The maximum atomic E-state index is 11.6. The molecule has 3 aromatic rings. The molecule has 3 N–H and O–H groups in total. The van der Waals surface area contributed by atoms with Crippen LogP contribution >= 0.6 is 11.3 Å². The second-order valence-electron chi connectivity index (χ2n) is 6.79. The molecule has 0 unspecified atom stereocenters. The topological polar surface area (TPSA) is 90.1 Å². The minimum Gasteiger partial charge on any atom is -0.381 e. The molecule has 2 aromatic heterocycles. The standard InChI is InChI=1S/C20H22N4O2S/c21-18(25)11-16(13-6-8-26-9-7-13)24-19-15-10-17(14-4-2-1-3-5-14)27-20(15)23-12-22-19/h1-5,10,12-13,16H,6-9,11H2,(H2,21,25)(H,22,23,24)/t16-/m1/s1. The first-order chi connectivity index (χ1) is 13.2. The summed E-state index contributed by atoms with van der Waals surface area (Å²) >= 11 is 1.64. The number of hydrogen-bond donors (Lipinski definition) is 2. The number of nitrogens with zero attached hydrogens (tertiary/aromatic N) is 2. The van der Waals surface area contributed by atoms with Gasteiger partial charge in [0.15, 0.2) is 0 Å². The van der Waals surface area contributed by atoms with Crippen molar-refractivity contribution >= 4 is 33.3 Å². The van der Waals surface area contributed by atoms with E-state index in [4.69, 9.17) is 10.5 Å². The summed E-state index contributed by atoms with van der Waals surface area (Å²) in [6.07, 6.45) is 3.68. The lowest BCUT2D eigenvalue weighted by molar-refractivity contribution is -0.118. The van der Waals surface area contributed by atoms with Crippen LogP contribution in [0.5, 0.6) is 0 Å². The third-order valence-electron chi connectivity index (χ3n) is 4.97. The number of carbonyl (C=O) groups is 1. The van der Waals surface area contributed by atoms with E-state index in [1.54, 1.807) is 17.7 Å². The molecule has 3 heterocycles. The molecule has 0 aliphatic carbocycles. The van der Waals surface area contributed by atoms with Crippen LogP contribution in [0.25, 0.3) is 20.7 Å². The molecule has 27 heavy (non-hydrogen) atoms. The Morgan fingerprint density at radius 2 is 2.04 bits per heavy atom. The molecule has 6 nitrogen and oxygen atoms in total. The molecule has 0 radical (unpaired) electrons. The summed E-state index contributed by atoms with van der Waals surface area (Å²) in [5.74, 6) is 0.791. The number of benzene rings is 1. The normalized spacial score (nSPS) is 16.3. The molecule has 4 rings (SSSR count). The van der Waals surface area contributed by atoms with Gasteiger partial charge in [0, 0.05) is 30.6 Å². The highest BCUT2D eigenvalue weighted by Crippen LogP contribution is 2.35. The van der Waals surface area contributed by atoms with Gasteiger partial charge in [0.05, 0.1) is 5.39 Å². The van der Waals surface area contributed by atoms with Crippen molar-refractivity contribution in [3.63, 3.8) is 0 Å². The van der Waals surface area contributed by atoms with Crippen molar-refractivity contribution in [3.05, 3.63) is 42.7 Å². The predicted molar refractivity (Wildman–Crippen MR) is 108 cm³/mol. The molecule has 0 spiro atoms. The van der Waals surface area contributed by atoms with E-state index in [9.17, 15) is 4.79 Å². The molecular formula is C20H22N4O2S. The Hall–Kier alpha value is -2.51. The predicted octanol–water partition coefficient (Wildman–Crippen LogP) is 3.44. The summed E-state index contributed by atoms with van der Waals surface area (Å²) in [6.45, 7) is 1.44. The van der Waals surface area contributed by atoms with Gasteiger partial charge in [0.25, 0.3) is 0 Å². The Morgan fingerprint density at radius 1 is 1.26 bits per heavy atom. The highest BCUT2D eigenvalue weighted by Gasteiger charge is 2.26. The molecule has 1 saturated heterocycles. The van der Waals surface area contributed by atoms with Gasteiger partial charge in [-0.15, -0.1) is 11.3 Å². The van der Waals surface area contributed by atoms with Crippen LogP contribution in [0.1, 0.15) is 19.3 Å². The van der Waals surface area contributed by atoms with E-state index in [-0.39, 0.29) is 18.4 Å². The molecule has 1 amide bonds. The number of fused-ring (bicyclic) bond motifs is 1. The first kappa shape index (κ1) is 17.9. The third-order valence-corrected chi connectivity index (χ3v) is 6.06. The summed E-state index contributed by atoms with van der Waals surface area (Å²) < 4.78 is 5.46. The smallest absolute Gasteiger partial charge is 0.219 e. The van der Waals surface area contributed by atoms with E-state index in [0.717, 1.165) is 52.5 Å². The number of primary amides is 1. The molecule has 1 aromatic carbocycles. The zero-order valence-electron chi connectivity index (χ0n) is 14.9. The molecule has 7 heteroatoms. The molecule has 0 saturated carbocycles. The second-order valence-corrected chi connectivity index (χ2v) is 7.82. The van der Waals surface area contributed by atoms with Crippen LogP contribution in [0.2, 0.25) is 0 Å². The quantitative estimate of drug-likeness (QED) is 0.681. The number of nitrogens with two attached hydrogens (primary N) is 1. The van der Waals surface area contributed by atoms with Crippen LogP contribution in [0.3, 0.4) is 0 Å². The Kier molecular flexibility index (Phi) is 5.31. The van der Waals surface area contributed by atoms with Crippen molar-refractivity contribution in [1.82, 2.24) is 9.97 Å². The van der Waals surface area contributed by atoms with E-state index in [1.165, 1.54) is 0 Å². The maximum Gasteiger partial charge on any atom is 0.219 e. The number of thiophene rings is 1. The zero-order chi connectivity index (χ0) is 18.6. The lowest BCUT2D eigenvalue weighted by atomic mass is 9.89. The number of rotatable bonds is 6. The molecular weight excluding hydrogens is 360 g/mol. The second kappa shape index (κ2) is 8.02. The van der Waals surface area contributed by atoms with Crippen LogP contribution in [-0.2, 0) is 9.53 Å². The molecule has 1 aliphatic rings. The Balaban J connectivity index is 1.65. The van der Waals surface area contributed by atoms with Gasteiger partial charge in [-0.25, -0.2) is 9.97 Å². The van der Waals surface area contributed by atoms with E-state index in [2.05, 4.69) is 33.5 Å². The minimum absolute atomic E-state index is 0.0513. The van der Waals surface area contributed by atoms with E-state index >= 15 is 0 Å². The summed E-state index contributed by atoms with van der Waals surface area (Å²) in [4.78, 5) is 22.6. The first-order valence-corrected chi connectivity index (χ1v) is 9.95. The number of ether oxygens (including phenoxy) is 1. The maximum absolute atomic E-state index is 11.6. The number of hydrogen-bond acceptors (Lipinski definition) is 6. The summed E-state index contributed by atoms with van der Waals surface area (Å²) in [7, 11) is 0. The van der Waals surface area contributed by atoms with Crippen molar-refractivity contribution in [2.24, 2.45) is 11.7 Å². The van der Waals surface area contributed by atoms with E-state index < -0.39 is 0 Å². The van der Waals surface area contributed by atoms with Gasteiger partial charge in [-0.1, -0.05) is 30.3 Å². The molecule has 1 atom stereocenters. The molecule has 140 valence electrons. The lowest BCUT2D eigenvalue weighted by Gasteiger charge is -2.30. The van der Waals surface area contributed by atoms with Crippen molar-refractivity contribution in [3.8, 4) is 10.4 Å². The van der Waals surface area contributed by atoms with Gasteiger partial charge >= 0.3 is 0 Å². The van der Waals surface area contributed by atoms with Gasteiger partial charge in [-0.3, -0.25) is 4.79 Å². The molecule has 1 aliphatic heterocycles. The third kappa shape index (κ3) is 4.09. The average Bonchev–Trinajstić information content (AvgIpc) is 3.14. The van der Waals surface area contributed by atoms with Gasteiger partial charge in [0.1, 0.15) is 17.0 Å². The monoisotopic (exact) mass is 382 g/mol. The number of amides is 1. The number of aromatic nitrogens is 2. The Bertz CT molecular complexity index is 922. The van der Waals surface area contributed by atoms with Crippen LogP contribution in [-0.4, -0.2) is 35.1 Å². The fourth-order valence-electron chi connectivity index (χ4n) is 3.56. The van der Waals surface area contributed by atoms with Gasteiger partial charge in [0.2, 0.25) is 5.91 Å². The van der Waals surface area contributed by atoms with Crippen LogP contribution < -0.4 is 11.1 Å². The number of nitrogens with one attached hydrogen (secondary N) is 1. The van der Waals surface area contributed by atoms with Crippen LogP contribution in [0.4, 0.5) is 5.82 Å². The molecule has 1 fully saturated rings. The largest absolute Gasteiger partial charge is 0.381 e. The number of anilines is 1.